The molecule has 23 heavy (non-hydrogen) atoms. The summed E-state index contributed by atoms with van der Waals surface area (Å²) in [5.74, 6) is -0.108. The van der Waals surface area contributed by atoms with Gasteiger partial charge in [-0.25, -0.2) is 4.39 Å². The Kier molecular flexibility index (Phi) is 5.65. The fourth-order valence-electron chi connectivity index (χ4n) is 1.90. The van der Waals surface area contributed by atoms with Crippen LogP contribution in [0.15, 0.2) is 36.4 Å². The molecule has 122 valence electrons. The highest BCUT2D eigenvalue weighted by atomic mass is 35.5. The molecule has 0 unspecified atom stereocenters. The van der Waals surface area contributed by atoms with Gasteiger partial charge in [0.1, 0.15) is 5.82 Å². The molecule has 5 nitrogen and oxygen atoms in total. The number of carbonyl (C=O) groups is 1. The summed E-state index contributed by atoms with van der Waals surface area (Å²) in [6.45, 7) is 0.260. The summed E-state index contributed by atoms with van der Waals surface area (Å²) in [6.07, 6.45) is 0. The van der Waals surface area contributed by atoms with E-state index in [-0.39, 0.29) is 11.6 Å². The SMILES string of the molecule is COc1cc(CNc2ccc(F)c(Cl)c2)ccc1OCC(N)=O. The van der Waals surface area contributed by atoms with Crippen LogP contribution in [0, 0.1) is 5.82 Å². The molecular formula is C16H16ClFN2O3. The molecule has 0 aliphatic carbocycles. The van der Waals surface area contributed by atoms with Crippen molar-refractivity contribution in [1.29, 1.82) is 0 Å². The number of halogens is 2. The van der Waals surface area contributed by atoms with Crippen LogP contribution in [0.1, 0.15) is 5.56 Å². The standard InChI is InChI=1S/C16H16ClFN2O3/c1-22-15-6-10(2-5-14(15)23-9-16(19)21)8-20-11-3-4-13(18)12(17)7-11/h2-7,20H,8-9H2,1H3,(H2,19,21). The van der Waals surface area contributed by atoms with E-state index in [1.165, 1.54) is 19.2 Å². The van der Waals surface area contributed by atoms with Gasteiger partial charge in [-0.2, -0.15) is 0 Å². The zero-order valence-electron chi connectivity index (χ0n) is 12.4. The predicted molar refractivity (Wildman–Crippen MR) is 86.4 cm³/mol. The number of rotatable bonds is 7. The Morgan fingerprint density at radius 1 is 1.26 bits per heavy atom. The number of benzene rings is 2. The molecule has 0 aliphatic rings. The number of ether oxygens (including phenoxy) is 2. The van der Waals surface area contributed by atoms with E-state index in [0.29, 0.717) is 23.7 Å². The predicted octanol–water partition coefficient (Wildman–Crippen LogP) is 2.96. The summed E-state index contributed by atoms with van der Waals surface area (Å²) in [7, 11) is 1.50. The Morgan fingerprint density at radius 3 is 2.70 bits per heavy atom. The maximum absolute atomic E-state index is 13.1. The smallest absolute Gasteiger partial charge is 0.255 e. The first kappa shape index (κ1) is 16.9. The number of nitrogens with two attached hydrogens (primary N) is 1. The maximum atomic E-state index is 13.1. The molecular weight excluding hydrogens is 323 g/mol. The molecule has 0 radical (unpaired) electrons. The van der Waals surface area contributed by atoms with Gasteiger partial charge in [-0.3, -0.25) is 4.79 Å². The number of methoxy groups -OCH3 is 1. The van der Waals surface area contributed by atoms with Crippen LogP contribution in [0.5, 0.6) is 11.5 Å². The summed E-state index contributed by atoms with van der Waals surface area (Å²) in [6, 6.07) is 9.69. The summed E-state index contributed by atoms with van der Waals surface area (Å²) < 4.78 is 23.6. The molecule has 0 fully saturated rings. The Labute approximate surface area is 138 Å². The van der Waals surface area contributed by atoms with Crippen LogP contribution in [0.2, 0.25) is 5.02 Å². The van der Waals surface area contributed by atoms with Gasteiger partial charge in [0, 0.05) is 12.2 Å². The lowest BCUT2D eigenvalue weighted by Gasteiger charge is -2.12. The van der Waals surface area contributed by atoms with Gasteiger partial charge < -0.3 is 20.5 Å². The Hall–Kier alpha value is -2.47. The van der Waals surface area contributed by atoms with E-state index in [9.17, 15) is 9.18 Å². The first-order chi connectivity index (χ1) is 11.0. The first-order valence-corrected chi connectivity index (χ1v) is 7.14. The molecule has 1 amide bonds. The van der Waals surface area contributed by atoms with Crippen LogP contribution >= 0.6 is 11.6 Å². The lowest BCUT2D eigenvalue weighted by molar-refractivity contribution is -0.119. The highest BCUT2D eigenvalue weighted by Crippen LogP contribution is 2.28. The first-order valence-electron chi connectivity index (χ1n) is 6.76. The number of amides is 1. The average Bonchev–Trinajstić information content (AvgIpc) is 2.54. The number of carbonyl (C=O) groups excluding carboxylic acids is 1. The van der Waals surface area contributed by atoms with Gasteiger partial charge in [-0.05, 0) is 35.9 Å². The van der Waals surface area contributed by atoms with E-state index in [2.05, 4.69) is 5.32 Å². The molecule has 2 aromatic carbocycles. The van der Waals surface area contributed by atoms with Crippen molar-refractivity contribution in [3.05, 3.63) is 52.8 Å². The average molecular weight is 339 g/mol. The fraction of sp³-hybridized carbons (Fsp3) is 0.188. The lowest BCUT2D eigenvalue weighted by atomic mass is 10.2. The van der Waals surface area contributed by atoms with Gasteiger partial charge in [0.05, 0.1) is 12.1 Å². The highest BCUT2D eigenvalue weighted by Gasteiger charge is 2.07. The number of nitrogens with one attached hydrogen (secondary N) is 1. The van der Waals surface area contributed by atoms with E-state index in [1.807, 2.05) is 6.07 Å². The molecule has 0 aromatic heterocycles. The van der Waals surface area contributed by atoms with E-state index >= 15 is 0 Å². The van der Waals surface area contributed by atoms with Crippen molar-refractivity contribution in [3.63, 3.8) is 0 Å². The zero-order chi connectivity index (χ0) is 16.8. The molecule has 3 N–H and O–H groups in total. The second-order valence-electron chi connectivity index (χ2n) is 4.72. The minimum absolute atomic E-state index is 0.0581. The third-order valence-corrected chi connectivity index (χ3v) is 3.30. The van der Waals surface area contributed by atoms with Crippen LogP contribution in [-0.2, 0) is 11.3 Å². The van der Waals surface area contributed by atoms with Gasteiger partial charge in [-0.1, -0.05) is 17.7 Å². The van der Waals surface area contributed by atoms with Crippen LogP contribution < -0.4 is 20.5 Å². The molecule has 0 spiro atoms. The second kappa shape index (κ2) is 7.69. The van der Waals surface area contributed by atoms with E-state index in [1.54, 1.807) is 18.2 Å². The third kappa shape index (κ3) is 4.75. The normalized spacial score (nSPS) is 10.2. The number of anilines is 1. The Balaban J connectivity index is 2.05. The largest absolute Gasteiger partial charge is 0.493 e. The van der Waals surface area contributed by atoms with Gasteiger partial charge in [-0.15, -0.1) is 0 Å². The molecule has 7 heteroatoms. The van der Waals surface area contributed by atoms with E-state index < -0.39 is 11.7 Å². The van der Waals surface area contributed by atoms with Crippen molar-refractivity contribution in [2.75, 3.05) is 19.0 Å². The van der Waals surface area contributed by atoms with Crippen molar-refractivity contribution in [3.8, 4) is 11.5 Å². The molecule has 0 aliphatic heterocycles. The van der Waals surface area contributed by atoms with Gasteiger partial charge in [0.25, 0.3) is 5.91 Å². The highest BCUT2D eigenvalue weighted by molar-refractivity contribution is 6.31. The second-order valence-corrected chi connectivity index (χ2v) is 5.13. The molecule has 0 heterocycles. The van der Waals surface area contributed by atoms with Crippen LogP contribution in [0.25, 0.3) is 0 Å². The number of hydrogen-bond donors (Lipinski definition) is 2. The van der Waals surface area contributed by atoms with Crippen molar-refractivity contribution >= 4 is 23.2 Å². The zero-order valence-corrected chi connectivity index (χ0v) is 13.2. The molecule has 0 bridgehead atoms. The topological polar surface area (TPSA) is 73.6 Å². The van der Waals surface area contributed by atoms with Gasteiger partial charge >= 0.3 is 0 Å². The van der Waals surface area contributed by atoms with E-state index in [4.69, 9.17) is 26.8 Å². The van der Waals surface area contributed by atoms with Crippen molar-refractivity contribution in [2.24, 2.45) is 5.73 Å². The van der Waals surface area contributed by atoms with Crippen LogP contribution in [0.3, 0.4) is 0 Å². The van der Waals surface area contributed by atoms with Crippen LogP contribution in [-0.4, -0.2) is 19.6 Å². The van der Waals surface area contributed by atoms with Crippen molar-refractivity contribution in [1.82, 2.24) is 0 Å². The van der Waals surface area contributed by atoms with Gasteiger partial charge in [0.2, 0.25) is 0 Å². The van der Waals surface area contributed by atoms with Crippen LogP contribution in [0.4, 0.5) is 10.1 Å². The number of hydrogen-bond acceptors (Lipinski definition) is 4. The molecule has 0 saturated heterocycles. The van der Waals surface area contributed by atoms with E-state index in [0.717, 1.165) is 5.56 Å². The van der Waals surface area contributed by atoms with Gasteiger partial charge in [0.15, 0.2) is 18.1 Å². The molecule has 2 rings (SSSR count). The minimum atomic E-state index is -0.564. The maximum Gasteiger partial charge on any atom is 0.255 e. The Bertz CT molecular complexity index is 710. The minimum Gasteiger partial charge on any atom is -0.493 e. The monoisotopic (exact) mass is 338 g/mol. The quantitative estimate of drug-likeness (QED) is 0.814. The van der Waals surface area contributed by atoms with Crippen molar-refractivity contribution < 1.29 is 18.7 Å². The number of primary amides is 1. The molecule has 0 saturated carbocycles. The summed E-state index contributed by atoms with van der Waals surface area (Å²) in [5.41, 5.74) is 6.65. The van der Waals surface area contributed by atoms with Crippen molar-refractivity contribution in [2.45, 2.75) is 6.54 Å². The summed E-state index contributed by atoms with van der Waals surface area (Å²) >= 11 is 5.74. The molecule has 0 atom stereocenters. The lowest BCUT2D eigenvalue weighted by Crippen LogP contribution is -2.20. The Morgan fingerprint density at radius 2 is 2.04 bits per heavy atom. The summed E-state index contributed by atoms with van der Waals surface area (Å²) in [4.78, 5) is 10.8. The fourth-order valence-corrected chi connectivity index (χ4v) is 2.08. The summed E-state index contributed by atoms with van der Waals surface area (Å²) in [5, 5.41) is 3.19. The molecule has 2 aromatic rings. The third-order valence-electron chi connectivity index (χ3n) is 3.01.